The smallest absolute Gasteiger partial charge is 0.306 e. The molecule has 0 aliphatic heterocycles. The van der Waals surface area contributed by atoms with Crippen LogP contribution in [0.2, 0.25) is 0 Å². The minimum absolute atomic E-state index is 0.194. The number of rotatable bonds is 8. The van der Waals surface area contributed by atoms with Crippen molar-refractivity contribution >= 4 is 11.9 Å². The van der Waals surface area contributed by atoms with E-state index >= 15 is 0 Å². The molecule has 0 radical (unpaired) electrons. The van der Waals surface area contributed by atoms with Crippen LogP contribution in [0.5, 0.6) is 5.75 Å². The zero-order chi connectivity index (χ0) is 18.1. The van der Waals surface area contributed by atoms with Gasteiger partial charge in [-0.05, 0) is 49.8 Å². The van der Waals surface area contributed by atoms with Crippen molar-refractivity contribution in [2.24, 2.45) is 5.92 Å². The van der Waals surface area contributed by atoms with E-state index in [1.807, 2.05) is 31.2 Å². The molecule has 1 saturated carbocycles. The number of amides is 1. The van der Waals surface area contributed by atoms with Crippen molar-refractivity contribution < 1.29 is 19.1 Å². The van der Waals surface area contributed by atoms with Crippen molar-refractivity contribution in [3.8, 4) is 5.75 Å². The number of ether oxygens (including phenoxy) is 2. The first-order chi connectivity index (χ1) is 12.0. The number of aryl methyl sites for hydroxylation is 1. The van der Waals surface area contributed by atoms with E-state index in [0.29, 0.717) is 18.9 Å². The third-order valence-corrected chi connectivity index (χ3v) is 4.61. The molecular formula is C20H29NO4. The molecular weight excluding hydrogens is 318 g/mol. The summed E-state index contributed by atoms with van der Waals surface area (Å²) < 4.78 is 10.6. The summed E-state index contributed by atoms with van der Waals surface area (Å²) in [5.74, 6) is 0.726. The monoisotopic (exact) mass is 347 g/mol. The zero-order valence-electron chi connectivity index (χ0n) is 15.3. The highest BCUT2D eigenvalue weighted by molar-refractivity contribution is 5.80. The Labute approximate surface area is 150 Å². The number of carbonyl (C=O) groups is 2. The predicted molar refractivity (Wildman–Crippen MR) is 96.4 cm³/mol. The van der Waals surface area contributed by atoms with Crippen LogP contribution >= 0.6 is 0 Å². The van der Waals surface area contributed by atoms with Gasteiger partial charge in [0, 0.05) is 12.5 Å². The Morgan fingerprint density at radius 2 is 2.04 bits per heavy atom. The first-order valence-electron chi connectivity index (χ1n) is 9.19. The van der Waals surface area contributed by atoms with Crippen LogP contribution in [-0.2, 0) is 14.3 Å². The summed E-state index contributed by atoms with van der Waals surface area (Å²) in [6.45, 7) is 4.42. The largest absolute Gasteiger partial charge is 0.494 e. The first-order valence-corrected chi connectivity index (χ1v) is 9.19. The number of nitrogens with one attached hydrogen (secondary N) is 1. The number of carbonyl (C=O) groups excluding carboxylic acids is 2. The van der Waals surface area contributed by atoms with Gasteiger partial charge in [0.15, 0.2) is 6.61 Å². The molecule has 2 unspecified atom stereocenters. The third-order valence-electron chi connectivity index (χ3n) is 4.61. The van der Waals surface area contributed by atoms with Gasteiger partial charge in [-0.15, -0.1) is 0 Å². The molecule has 0 heterocycles. The summed E-state index contributed by atoms with van der Waals surface area (Å²) in [5.41, 5.74) is 1.13. The predicted octanol–water partition coefficient (Wildman–Crippen LogP) is 3.39. The molecule has 5 heteroatoms. The van der Waals surface area contributed by atoms with Crippen LogP contribution in [0.1, 0.15) is 51.0 Å². The topological polar surface area (TPSA) is 64.6 Å². The quantitative estimate of drug-likeness (QED) is 0.578. The van der Waals surface area contributed by atoms with Crippen LogP contribution in [-0.4, -0.2) is 31.1 Å². The van der Waals surface area contributed by atoms with Crippen LogP contribution in [0.15, 0.2) is 24.3 Å². The van der Waals surface area contributed by atoms with Gasteiger partial charge in [0.25, 0.3) is 5.91 Å². The highest BCUT2D eigenvalue weighted by Gasteiger charge is 2.23. The van der Waals surface area contributed by atoms with Crippen molar-refractivity contribution in [1.29, 1.82) is 0 Å². The van der Waals surface area contributed by atoms with Gasteiger partial charge in [0.1, 0.15) is 5.75 Å². The summed E-state index contributed by atoms with van der Waals surface area (Å²) in [4.78, 5) is 23.6. The van der Waals surface area contributed by atoms with Crippen LogP contribution in [0.25, 0.3) is 0 Å². The summed E-state index contributed by atoms with van der Waals surface area (Å²) in [7, 11) is 0. The Morgan fingerprint density at radius 1 is 1.24 bits per heavy atom. The molecule has 0 saturated heterocycles. The van der Waals surface area contributed by atoms with E-state index in [9.17, 15) is 9.59 Å². The van der Waals surface area contributed by atoms with Crippen molar-refractivity contribution in [1.82, 2.24) is 5.32 Å². The Bertz CT molecular complexity index is 573. The number of esters is 1. The lowest BCUT2D eigenvalue weighted by molar-refractivity contribution is -0.149. The molecule has 25 heavy (non-hydrogen) atoms. The number of hydrogen-bond acceptors (Lipinski definition) is 4. The van der Waals surface area contributed by atoms with Gasteiger partial charge in [-0.1, -0.05) is 31.9 Å². The molecule has 0 aromatic heterocycles. The highest BCUT2D eigenvalue weighted by atomic mass is 16.5. The fourth-order valence-corrected chi connectivity index (χ4v) is 3.11. The second-order valence-electron chi connectivity index (χ2n) is 6.86. The van der Waals surface area contributed by atoms with E-state index in [1.165, 1.54) is 6.42 Å². The van der Waals surface area contributed by atoms with Crippen LogP contribution < -0.4 is 10.1 Å². The molecule has 138 valence electrons. The van der Waals surface area contributed by atoms with E-state index in [1.54, 1.807) is 0 Å². The molecule has 2 atom stereocenters. The maximum absolute atomic E-state index is 11.9. The lowest BCUT2D eigenvalue weighted by Gasteiger charge is -2.29. The second-order valence-corrected chi connectivity index (χ2v) is 6.86. The fourth-order valence-electron chi connectivity index (χ4n) is 3.11. The molecule has 1 fully saturated rings. The molecule has 1 aromatic rings. The normalized spacial score (nSPS) is 19.9. The van der Waals surface area contributed by atoms with Gasteiger partial charge in [0.05, 0.1) is 6.61 Å². The minimum atomic E-state index is -0.361. The Balaban J connectivity index is 1.56. The molecule has 1 amide bonds. The maximum Gasteiger partial charge on any atom is 0.306 e. The lowest BCUT2D eigenvalue weighted by atomic mass is 9.86. The Hall–Kier alpha value is -2.04. The molecule has 1 aromatic carbocycles. The fraction of sp³-hybridized carbons (Fsp3) is 0.600. The SMILES string of the molecule is Cc1cccc(OCCCC(=O)OCC(=O)NC2CCCCC2C)c1. The summed E-state index contributed by atoms with van der Waals surface area (Å²) in [6.07, 6.45) is 5.35. The zero-order valence-corrected chi connectivity index (χ0v) is 15.3. The molecule has 1 aliphatic carbocycles. The lowest BCUT2D eigenvalue weighted by Crippen LogP contribution is -2.42. The Morgan fingerprint density at radius 3 is 2.80 bits per heavy atom. The molecule has 1 N–H and O–H groups in total. The Kier molecular flexibility index (Phi) is 7.76. The van der Waals surface area contributed by atoms with Crippen LogP contribution in [0.3, 0.4) is 0 Å². The minimum Gasteiger partial charge on any atom is -0.494 e. The van der Waals surface area contributed by atoms with Gasteiger partial charge in [0.2, 0.25) is 0 Å². The van der Waals surface area contributed by atoms with Crippen LogP contribution in [0, 0.1) is 12.8 Å². The van der Waals surface area contributed by atoms with Gasteiger partial charge in [-0.25, -0.2) is 0 Å². The van der Waals surface area contributed by atoms with Crippen molar-refractivity contribution in [2.45, 2.75) is 58.4 Å². The van der Waals surface area contributed by atoms with E-state index < -0.39 is 0 Å². The summed E-state index contributed by atoms with van der Waals surface area (Å²) in [6, 6.07) is 7.99. The standard InChI is InChI=1S/C20H29NO4/c1-15-7-5-9-17(13-15)24-12-6-11-20(23)25-14-19(22)21-18-10-4-3-8-16(18)2/h5,7,9,13,16,18H,3-4,6,8,10-12,14H2,1-2H3,(H,21,22). The second kappa shape index (κ2) is 10.1. The van der Waals surface area contributed by atoms with Gasteiger partial charge < -0.3 is 14.8 Å². The average molecular weight is 347 g/mol. The van der Waals surface area contributed by atoms with E-state index in [2.05, 4.69) is 12.2 Å². The highest BCUT2D eigenvalue weighted by Crippen LogP contribution is 2.23. The van der Waals surface area contributed by atoms with Crippen molar-refractivity contribution in [2.75, 3.05) is 13.2 Å². The van der Waals surface area contributed by atoms with E-state index in [0.717, 1.165) is 30.6 Å². The molecule has 0 bridgehead atoms. The van der Waals surface area contributed by atoms with Gasteiger partial charge >= 0.3 is 5.97 Å². The third kappa shape index (κ3) is 7.16. The molecule has 1 aliphatic rings. The number of hydrogen-bond donors (Lipinski definition) is 1. The van der Waals surface area contributed by atoms with Crippen molar-refractivity contribution in [3.05, 3.63) is 29.8 Å². The number of benzene rings is 1. The maximum atomic E-state index is 11.9. The summed E-state index contributed by atoms with van der Waals surface area (Å²) in [5, 5.41) is 2.98. The van der Waals surface area contributed by atoms with Crippen molar-refractivity contribution in [3.63, 3.8) is 0 Å². The van der Waals surface area contributed by atoms with Gasteiger partial charge in [-0.2, -0.15) is 0 Å². The van der Waals surface area contributed by atoms with Crippen LogP contribution in [0.4, 0.5) is 0 Å². The van der Waals surface area contributed by atoms with Gasteiger partial charge in [-0.3, -0.25) is 9.59 Å². The van der Waals surface area contributed by atoms with E-state index in [4.69, 9.17) is 9.47 Å². The molecule has 0 spiro atoms. The first kappa shape index (κ1) is 19.3. The molecule has 2 rings (SSSR count). The average Bonchev–Trinajstić information content (AvgIpc) is 2.59. The van der Waals surface area contributed by atoms with E-state index in [-0.39, 0.29) is 30.9 Å². The molecule has 5 nitrogen and oxygen atoms in total. The summed E-state index contributed by atoms with van der Waals surface area (Å²) >= 11 is 0.